The number of hydrogen-bond donors (Lipinski definition) is 0. The van der Waals surface area contributed by atoms with Gasteiger partial charge in [0.1, 0.15) is 0 Å². The molecule has 0 radical (unpaired) electrons. The van der Waals surface area contributed by atoms with Crippen LogP contribution in [-0.4, -0.2) is 62.3 Å². The first-order chi connectivity index (χ1) is 10.0. The number of rotatable bonds is 5. The second-order valence-electron chi connectivity index (χ2n) is 4.63. The molecule has 1 unspecified atom stereocenters. The van der Waals surface area contributed by atoms with Gasteiger partial charge in [-0.15, -0.1) is 0 Å². The lowest BCUT2D eigenvalue weighted by Gasteiger charge is -2.30. The maximum Gasteiger partial charge on any atom is 0.336 e. The molecule has 1 aromatic heterocycles. The fraction of sp³-hybridized carbons (Fsp3) is 0.538. The number of hydrogen-bond acceptors (Lipinski definition) is 6. The van der Waals surface area contributed by atoms with Crippen LogP contribution in [0.4, 0.5) is 0 Å². The topological polar surface area (TPSA) is 85.8 Å². The Labute approximate surface area is 123 Å². The molecule has 0 amide bonds. The largest absolute Gasteiger partial charge is 0.467 e. The summed E-state index contributed by atoms with van der Waals surface area (Å²) in [6.45, 7) is 0.428. The van der Waals surface area contributed by atoms with Crippen LogP contribution < -0.4 is 0 Å². The zero-order valence-corrected chi connectivity index (χ0v) is 12.6. The van der Waals surface area contributed by atoms with Gasteiger partial charge in [0.2, 0.25) is 10.0 Å². The Kier molecular flexibility index (Phi) is 5.27. The summed E-state index contributed by atoms with van der Waals surface area (Å²) in [4.78, 5) is 15.5. The number of morpholine rings is 1. The third-order valence-corrected chi connectivity index (χ3v) is 5.07. The van der Waals surface area contributed by atoms with Gasteiger partial charge >= 0.3 is 5.97 Å². The molecule has 0 saturated carbocycles. The van der Waals surface area contributed by atoms with Gasteiger partial charge in [-0.1, -0.05) is 6.07 Å². The van der Waals surface area contributed by atoms with E-state index in [0.717, 1.165) is 5.69 Å². The highest BCUT2D eigenvalue weighted by Crippen LogP contribution is 2.12. The lowest BCUT2D eigenvalue weighted by atomic mass is 10.3. The van der Waals surface area contributed by atoms with Gasteiger partial charge in [-0.25, -0.2) is 13.2 Å². The van der Waals surface area contributed by atoms with Crippen LogP contribution >= 0.6 is 0 Å². The van der Waals surface area contributed by atoms with E-state index in [1.165, 1.54) is 11.4 Å². The van der Waals surface area contributed by atoms with E-state index in [-0.39, 0.29) is 25.4 Å². The number of carbonyl (C=O) groups excluding carboxylic acids is 1. The summed E-state index contributed by atoms with van der Waals surface area (Å²) in [7, 11) is -2.20. The van der Waals surface area contributed by atoms with E-state index < -0.39 is 22.1 Å². The van der Waals surface area contributed by atoms with E-state index in [1.807, 2.05) is 6.07 Å². The quantitative estimate of drug-likeness (QED) is 0.701. The standard InChI is InChI=1S/C13H18N2O5S/c1-19-13(16)12-10-15(7-8-20-12)21(17,18)9-5-11-4-2-3-6-14-11/h2-4,6,12H,5,7-10H2,1H3. The third-order valence-electron chi connectivity index (χ3n) is 3.23. The molecule has 2 heterocycles. The summed E-state index contributed by atoms with van der Waals surface area (Å²) >= 11 is 0. The summed E-state index contributed by atoms with van der Waals surface area (Å²) in [5.74, 6) is -0.600. The molecule has 1 saturated heterocycles. The Hall–Kier alpha value is -1.51. The highest BCUT2D eigenvalue weighted by atomic mass is 32.2. The fourth-order valence-electron chi connectivity index (χ4n) is 2.06. The molecule has 2 rings (SSSR count). The van der Waals surface area contributed by atoms with Gasteiger partial charge in [-0.05, 0) is 12.1 Å². The first kappa shape index (κ1) is 15.9. The first-order valence-corrected chi connectivity index (χ1v) is 8.21. The number of carbonyl (C=O) groups is 1. The minimum Gasteiger partial charge on any atom is -0.467 e. The second-order valence-corrected chi connectivity index (χ2v) is 6.72. The molecular formula is C13H18N2O5S. The molecule has 1 aliphatic rings. The maximum absolute atomic E-state index is 12.3. The normalized spacial score (nSPS) is 20.1. The van der Waals surface area contributed by atoms with Crippen LogP contribution in [0.5, 0.6) is 0 Å². The number of methoxy groups -OCH3 is 1. The van der Waals surface area contributed by atoms with Crippen molar-refractivity contribution in [3.63, 3.8) is 0 Å². The zero-order valence-electron chi connectivity index (χ0n) is 11.8. The molecule has 21 heavy (non-hydrogen) atoms. The molecule has 0 N–H and O–H groups in total. The van der Waals surface area contributed by atoms with E-state index in [2.05, 4.69) is 9.72 Å². The fourth-order valence-corrected chi connectivity index (χ4v) is 3.50. The summed E-state index contributed by atoms with van der Waals surface area (Å²) in [5, 5.41) is 0. The molecule has 0 aromatic carbocycles. The van der Waals surface area contributed by atoms with Crippen molar-refractivity contribution in [1.82, 2.24) is 9.29 Å². The van der Waals surface area contributed by atoms with E-state index >= 15 is 0 Å². The number of sulfonamides is 1. The van der Waals surface area contributed by atoms with Crippen molar-refractivity contribution in [3.05, 3.63) is 30.1 Å². The number of ether oxygens (including phenoxy) is 2. The van der Waals surface area contributed by atoms with Crippen molar-refractivity contribution in [2.75, 3.05) is 32.6 Å². The van der Waals surface area contributed by atoms with E-state index in [1.54, 1.807) is 18.3 Å². The van der Waals surface area contributed by atoms with Crippen molar-refractivity contribution in [2.24, 2.45) is 0 Å². The summed E-state index contributed by atoms with van der Waals surface area (Å²) in [5.41, 5.74) is 0.721. The van der Waals surface area contributed by atoms with Crippen molar-refractivity contribution in [1.29, 1.82) is 0 Å². The molecule has 1 aromatic rings. The number of aromatic nitrogens is 1. The molecule has 1 fully saturated rings. The molecule has 0 aliphatic carbocycles. The van der Waals surface area contributed by atoms with Crippen molar-refractivity contribution >= 4 is 16.0 Å². The van der Waals surface area contributed by atoms with Crippen LogP contribution in [0.2, 0.25) is 0 Å². The minimum atomic E-state index is -3.45. The van der Waals surface area contributed by atoms with Gasteiger partial charge in [0.15, 0.2) is 6.10 Å². The highest BCUT2D eigenvalue weighted by Gasteiger charge is 2.33. The third kappa shape index (κ3) is 4.23. The molecule has 116 valence electrons. The van der Waals surface area contributed by atoms with Crippen molar-refractivity contribution < 1.29 is 22.7 Å². The average Bonchev–Trinajstić information content (AvgIpc) is 2.53. The molecular weight excluding hydrogens is 296 g/mol. The van der Waals surface area contributed by atoms with Gasteiger partial charge in [-0.3, -0.25) is 4.98 Å². The van der Waals surface area contributed by atoms with Crippen LogP contribution in [-0.2, 0) is 30.7 Å². The monoisotopic (exact) mass is 314 g/mol. The molecule has 0 spiro atoms. The number of esters is 1. The molecule has 7 nitrogen and oxygen atoms in total. The number of aryl methyl sites for hydroxylation is 1. The predicted octanol–water partition coefficient (Wildman–Crippen LogP) is -0.172. The number of pyridine rings is 1. The summed E-state index contributed by atoms with van der Waals surface area (Å²) in [6.07, 6.45) is 1.11. The molecule has 1 aliphatic heterocycles. The van der Waals surface area contributed by atoms with Crippen molar-refractivity contribution in [3.8, 4) is 0 Å². The summed E-state index contributed by atoms with van der Waals surface area (Å²) in [6, 6.07) is 5.38. The van der Waals surface area contributed by atoms with Crippen LogP contribution in [0.3, 0.4) is 0 Å². The lowest BCUT2D eigenvalue weighted by molar-refractivity contribution is -0.157. The Bertz CT molecular complexity index is 575. The van der Waals surface area contributed by atoms with Crippen LogP contribution in [0.25, 0.3) is 0 Å². The Morgan fingerprint density at radius 1 is 1.52 bits per heavy atom. The van der Waals surface area contributed by atoms with Gasteiger partial charge in [0.25, 0.3) is 0 Å². The Morgan fingerprint density at radius 3 is 3.00 bits per heavy atom. The highest BCUT2D eigenvalue weighted by molar-refractivity contribution is 7.89. The predicted molar refractivity (Wildman–Crippen MR) is 75.1 cm³/mol. The molecule has 8 heteroatoms. The van der Waals surface area contributed by atoms with E-state index in [9.17, 15) is 13.2 Å². The minimum absolute atomic E-state index is 0.00275. The van der Waals surface area contributed by atoms with Gasteiger partial charge in [0, 0.05) is 24.9 Å². The smallest absolute Gasteiger partial charge is 0.336 e. The zero-order chi connectivity index (χ0) is 15.3. The lowest BCUT2D eigenvalue weighted by Crippen LogP contribution is -2.49. The molecule has 1 atom stereocenters. The van der Waals surface area contributed by atoms with Crippen molar-refractivity contribution in [2.45, 2.75) is 12.5 Å². The Balaban J connectivity index is 1.97. The average molecular weight is 314 g/mol. The van der Waals surface area contributed by atoms with Crippen LogP contribution in [0.1, 0.15) is 5.69 Å². The number of nitrogens with zero attached hydrogens (tertiary/aromatic N) is 2. The Morgan fingerprint density at radius 2 is 2.33 bits per heavy atom. The summed E-state index contributed by atoms with van der Waals surface area (Å²) < 4.78 is 35.7. The van der Waals surface area contributed by atoms with Gasteiger partial charge in [-0.2, -0.15) is 4.31 Å². The SMILES string of the molecule is COC(=O)C1CN(S(=O)(=O)CCc2ccccn2)CCO1. The second kappa shape index (κ2) is 6.97. The van der Waals surface area contributed by atoms with Gasteiger partial charge in [0.05, 0.1) is 26.0 Å². The van der Waals surface area contributed by atoms with E-state index in [0.29, 0.717) is 6.42 Å². The van der Waals surface area contributed by atoms with Crippen LogP contribution in [0.15, 0.2) is 24.4 Å². The molecule has 0 bridgehead atoms. The van der Waals surface area contributed by atoms with E-state index in [4.69, 9.17) is 4.74 Å². The van der Waals surface area contributed by atoms with Crippen LogP contribution in [0, 0.1) is 0 Å². The first-order valence-electron chi connectivity index (χ1n) is 6.60. The maximum atomic E-state index is 12.3. The van der Waals surface area contributed by atoms with Gasteiger partial charge < -0.3 is 9.47 Å².